The lowest BCUT2D eigenvalue weighted by atomic mass is 10.0. The van der Waals surface area contributed by atoms with E-state index in [1.54, 1.807) is 0 Å². The first-order valence-corrected chi connectivity index (χ1v) is 26.6. The minimum Gasteiger partial charge on any atom is -0.462 e. The predicted octanol–water partition coefficient (Wildman–Crippen LogP) is 17.6. The molecule has 0 amide bonds. The first-order chi connectivity index (χ1) is 31.5. The van der Waals surface area contributed by atoms with Crippen LogP contribution in [0.1, 0.15) is 245 Å². The second kappa shape index (κ2) is 52.2. The third kappa shape index (κ3) is 49.6. The van der Waals surface area contributed by atoms with Gasteiger partial charge in [0.05, 0.1) is 0 Å². The average molecular weight is 891 g/mol. The number of rotatable bonds is 47. The number of allylic oxidation sites excluding steroid dienone is 14. The summed E-state index contributed by atoms with van der Waals surface area (Å²) in [5.41, 5.74) is 0. The lowest BCUT2D eigenvalue weighted by molar-refractivity contribution is -0.166. The number of carbonyl (C=O) groups is 3. The van der Waals surface area contributed by atoms with Gasteiger partial charge in [0.2, 0.25) is 0 Å². The van der Waals surface area contributed by atoms with Crippen molar-refractivity contribution in [1.29, 1.82) is 0 Å². The van der Waals surface area contributed by atoms with E-state index in [0.29, 0.717) is 19.3 Å². The summed E-state index contributed by atoms with van der Waals surface area (Å²) < 4.78 is 16.7. The molecule has 0 aromatic rings. The maximum Gasteiger partial charge on any atom is 0.306 e. The normalized spacial score (nSPS) is 12.7. The second-order valence-electron chi connectivity index (χ2n) is 17.4. The molecular weight excluding hydrogens is 793 g/mol. The summed E-state index contributed by atoms with van der Waals surface area (Å²) in [4.78, 5) is 38.0. The van der Waals surface area contributed by atoms with Crippen molar-refractivity contribution in [3.63, 3.8) is 0 Å². The first-order valence-electron chi connectivity index (χ1n) is 26.6. The molecule has 0 aromatic heterocycles. The Morgan fingerprint density at radius 1 is 0.328 bits per heavy atom. The smallest absolute Gasteiger partial charge is 0.306 e. The van der Waals surface area contributed by atoms with Crippen molar-refractivity contribution < 1.29 is 28.6 Å². The molecule has 0 saturated heterocycles. The maximum absolute atomic E-state index is 12.8. The van der Waals surface area contributed by atoms with E-state index in [4.69, 9.17) is 14.2 Å². The molecule has 1 unspecified atom stereocenters. The maximum atomic E-state index is 12.8. The van der Waals surface area contributed by atoms with Crippen molar-refractivity contribution in [3.05, 3.63) is 85.1 Å². The van der Waals surface area contributed by atoms with Gasteiger partial charge < -0.3 is 14.2 Å². The van der Waals surface area contributed by atoms with E-state index in [0.717, 1.165) is 70.6 Å². The molecule has 0 aliphatic heterocycles. The molecule has 0 bridgehead atoms. The van der Waals surface area contributed by atoms with Crippen LogP contribution in [0.3, 0.4) is 0 Å². The van der Waals surface area contributed by atoms with Crippen LogP contribution in [0, 0.1) is 0 Å². The Morgan fingerprint density at radius 3 is 1.09 bits per heavy atom. The first kappa shape index (κ1) is 60.6. The summed E-state index contributed by atoms with van der Waals surface area (Å²) in [6.45, 7) is 6.42. The number of hydrogen-bond donors (Lipinski definition) is 0. The van der Waals surface area contributed by atoms with E-state index in [2.05, 4.69) is 99.8 Å². The van der Waals surface area contributed by atoms with Crippen molar-refractivity contribution >= 4 is 17.9 Å². The molecule has 1 atom stereocenters. The number of hydrogen-bond acceptors (Lipinski definition) is 6. The van der Waals surface area contributed by atoms with Crippen molar-refractivity contribution in [2.24, 2.45) is 0 Å². The van der Waals surface area contributed by atoms with E-state index in [-0.39, 0.29) is 44.0 Å². The lowest BCUT2D eigenvalue weighted by Gasteiger charge is -2.18. The van der Waals surface area contributed by atoms with E-state index in [1.807, 2.05) is 6.08 Å². The molecule has 366 valence electrons. The van der Waals surface area contributed by atoms with Crippen molar-refractivity contribution in [2.45, 2.75) is 252 Å². The molecule has 0 radical (unpaired) electrons. The van der Waals surface area contributed by atoms with Gasteiger partial charge in [0.1, 0.15) is 13.2 Å². The zero-order chi connectivity index (χ0) is 46.5. The molecular formula is C58H98O6. The van der Waals surface area contributed by atoms with Crippen LogP contribution >= 0.6 is 0 Å². The molecule has 0 aliphatic carbocycles. The van der Waals surface area contributed by atoms with Gasteiger partial charge in [-0.25, -0.2) is 0 Å². The van der Waals surface area contributed by atoms with Crippen LogP contribution in [-0.4, -0.2) is 37.2 Å². The highest BCUT2D eigenvalue weighted by molar-refractivity contribution is 5.71. The van der Waals surface area contributed by atoms with Crippen LogP contribution in [-0.2, 0) is 28.6 Å². The van der Waals surface area contributed by atoms with Gasteiger partial charge in [-0.05, 0) is 77.0 Å². The second-order valence-corrected chi connectivity index (χ2v) is 17.4. The fourth-order valence-electron chi connectivity index (χ4n) is 7.18. The Bertz CT molecular complexity index is 1250. The van der Waals surface area contributed by atoms with E-state index >= 15 is 0 Å². The van der Waals surface area contributed by atoms with Crippen molar-refractivity contribution in [2.75, 3.05) is 13.2 Å². The Hall–Kier alpha value is -3.41. The zero-order valence-corrected chi connectivity index (χ0v) is 41.8. The molecule has 0 saturated carbocycles. The molecule has 0 heterocycles. The fourth-order valence-corrected chi connectivity index (χ4v) is 7.18. The summed E-state index contributed by atoms with van der Waals surface area (Å²) in [7, 11) is 0. The Balaban J connectivity index is 4.51. The summed E-state index contributed by atoms with van der Waals surface area (Å²) >= 11 is 0. The highest BCUT2D eigenvalue weighted by Crippen LogP contribution is 2.15. The van der Waals surface area contributed by atoms with Gasteiger partial charge in [0.15, 0.2) is 6.10 Å². The quantitative estimate of drug-likeness (QED) is 0.0262. The molecule has 0 spiro atoms. The van der Waals surface area contributed by atoms with Crippen molar-refractivity contribution in [3.8, 4) is 0 Å². The Morgan fingerprint density at radius 2 is 0.656 bits per heavy atom. The fraction of sp³-hybridized carbons (Fsp3) is 0.707. The van der Waals surface area contributed by atoms with Crippen LogP contribution in [0.2, 0.25) is 0 Å². The topological polar surface area (TPSA) is 78.9 Å². The van der Waals surface area contributed by atoms with Crippen LogP contribution in [0.15, 0.2) is 85.1 Å². The largest absolute Gasteiger partial charge is 0.462 e. The SMILES string of the molecule is CC/C=C/C/C=C/C/C=C/C/C=C/C/C=C/CCCC(=O)OCC(COC(=O)CC/C=C/C/C=C/CCCCCCCC)OC(=O)CCCCCCCCCCCCCCCCCC. The summed E-state index contributed by atoms with van der Waals surface area (Å²) in [5, 5.41) is 0. The Kier molecular flexibility index (Phi) is 49.4. The summed E-state index contributed by atoms with van der Waals surface area (Å²) in [6.07, 6.45) is 67.3. The molecule has 0 aromatic carbocycles. The van der Waals surface area contributed by atoms with Gasteiger partial charge >= 0.3 is 17.9 Å². The highest BCUT2D eigenvalue weighted by Gasteiger charge is 2.19. The number of esters is 3. The van der Waals surface area contributed by atoms with E-state index in [1.165, 1.54) is 122 Å². The predicted molar refractivity (Wildman–Crippen MR) is 274 cm³/mol. The van der Waals surface area contributed by atoms with Crippen LogP contribution in [0.4, 0.5) is 0 Å². The van der Waals surface area contributed by atoms with Crippen molar-refractivity contribution in [1.82, 2.24) is 0 Å². The number of carbonyl (C=O) groups excluding carboxylic acids is 3. The molecule has 0 fully saturated rings. The lowest BCUT2D eigenvalue weighted by Crippen LogP contribution is -2.30. The van der Waals surface area contributed by atoms with Gasteiger partial charge in [-0.3, -0.25) is 14.4 Å². The zero-order valence-electron chi connectivity index (χ0n) is 41.8. The van der Waals surface area contributed by atoms with Crippen LogP contribution < -0.4 is 0 Å². The summed E-state index contributed by atoms with van der Waals surface area (Å²) in [5.74, 6) is -1.04. The van der Waals surface area contributed by atoms with Gasteiger partial charge in [-0.1, -0.05) is 234 Å². The van der Waals surface area contributed by atoms with Crippen LogP contribution in [0.5, 0.6) is 0 Å². The van der Waals surface area contributed by atoms with Gasteiger partial charge in [0.25, 0.3) is 0 Å². The number of ether oxygens (including phenoxy) is 3. The third-order valence-electron chi connectivity index (χ3n) is 11.1. The minimum absolute atomic E-state index is 0.122. The minimum atomic E-state index is -0.820. The molecule has 64 heavy (non-hydrogen) atoms. The molecule has 6 heteroatoms. The van der Waals surface area contributed by atoms with Crippen LogP contribution in [0.25, 0.3) is 0 Å². The molecule has 6 nitrogen and oxygen atoms in total. The van der Waals surface area contributed by atoms with Gasteiger partial charge in [-0.15, -0.1) is 0 Å². The van der Waals surface area contributed by atoms with Gasteiger partial charge in [0, 0.05) is 19.3 Å². The summed E-state index contributed by atoms with van der Waals surface area (Å²) in [6, 6.07) is 0. The standard InChI is InChI=1S/C58H98O6/c1-4-7-10-13-16-19-22-25-27-29-31-33-36-39-42-45-48-51-57(60)63-54-55(53-62-56(59)50-47-44-41-38-35-32-24-21-18-15-12-9-6-3)64-58(61)52-49-46-43-40-37-34-30-28-26-23-20-17-14-11-8-5-2/h7,10,16,19,25,27,31-33,35,39,41-42,44,55H,4-6,8-9,11-15,17-18,20-24,26,28-30,34,36-38,40,43,45-54H2,1-3H3/b10-7+,19-16+,27-25+,33-31+,35-32+,42-39+,44-41+. The average Bonchev–Trinajstić information content (AvgIpc) is 3.29. The molecule has 0 rings (SSSR count). The van der Waals surface area contributed by atoms with Gasteiger partial charge in [-0.2, -0.15) is 0 Å². The highest BCUT2D eigenvalue weighted by atomic mass is 16.6. The molecule has 0 N–H and O–H groups in total. The monoisotopic (exact) mass is 891 g/mol. The number of unbranched alkanes of at least 4 members (excludes halogenated alkanes) is 22. The molecule has 0 aliphatic rings. The Labute approximate surface area is 395 Å². The van der Waals surface area contributed by atoms with E-state index < -0.39 is 6.10 Å². The van der Waals surface area contributed by atoms with E-state index in [9.17, 15) is 14.4 Å². The third-order valence-corrected chi connectivity index (χ3v) is 11.1.